The quantitative estimate of drug-likeness (QED) is 0.586. The molecule has 0 bridgehead atoms. The number of amides is 1. The standard InChI is InChI=1S/C12H13N3O/c1-8(2)14-15-12(16)10-7-13-11-6-4-3-5-9(10)11/h3-7,13H,1-2H3,(H,15,16). The average Bonchev–Trinajstić information content (AvgIpc) is 2.69. The van der Waals surface area contributed by atoms with Gasteiger partial charge >= 0.3 is 0 Å². The Kier molecular flexibility index (Phi) is 2.72. The molecule has 1 aromatic heterocycles. The van der Waals surface area contributed by atoms with Crippen molar-refractivity contribution in [2.45, 2.75) is 13.8 Å². The summed E-state index contributed by atoms with van der Waals surface area (Å²) in [7, 11) is 0. The Bertz CT molecular complexity index is 550. The predicted octanol–water partition coefficient (Wildman–Crippen LogP) is 2.29. The van der Waals surface area contributed by atoms with Gasteiger partial charge in [0.25, 0.3) is 5.91 Å². The fourth-order valence-corrected chi connectivity index (χ4v) is 1.48. The van der Waals surface area contributed by atoms with Crippen LogP contribution in [0.25, 0.3) is 10.9 Å². The van der Waals surface area contributed by atoms with Gasteiger partial charge in [-0.2, -0.15) is 5.10 Å². The monoisotopic (exact) mass is 215 g/mol. The van der Waals surface area contributed by atoms with Crippen LogP contribution in [0.3, 0.4) is 0 Å². The summed E-state index contributed by atoms with van der Waals surface area (Å²) in [6.45, 7) is 3.66. The second-order valence-electron chi connectivity index (χ2n) is 3.75. The van der Waals surface area contributed by atoms with Gasteiger partial charge in [0.05, 0.1) is 5.56 Å². The number of hydrogen-bond acceptors (Lipinski definition) is 2. The molecule has 0 atom stereocenters. The van der Waals surface area contributed by atoms with Crippen LogP contribution in [-0.4, -0.2) is 16.6 Å². The van der Waals surface area contributed by atoms with E-state index in [4.69, 9.17) is 0 Å². The molecule has 4 heteroatoms. The highest BCUT2D eigenvalue weighted by Gasteiger charge is 2.10. The van der Waals surface area contributed by atoms with E-state index >= 15 is 0 Å². The Morgan fingerprint density at radius 3 is 2.81 bits per heavy atom. The van der Waals surface area contributed by atoms with Crippen molar-refractivity contribution in [2.75, 3.05) is 0 Å². The molecule has 1 aromatic carbocycles. The Balaban J connectivity index is 2.33. The van der Waals surface area contributed by atoms with Gasteiger partial charge < -0.3 is 4.98 Å². The van der Waals surface area contributed by atoms with Crippen LogP contribution in [0.5, 0.6) is 0 Å². The molecule has 0 saturated heterocycles. The van der Waals surface area contributed by atoms with Crippen LogP contribution in [0.4, 0.5) is 0 Å². The third-order valence-corrected chi connectivity index (χ3v) is 2.21. The van der Waals surface area contributed by atoms with Gasteiger partial charge in [0, 0.05) is 22.8 Å². The summed E-state index contributed by atoms with van der Waals surface area (Å²) in [5, 5.41) is 4.80. The highest BCUT2D eigenvalue weighted by molar-refractivity contribution is 6.06. The highest BCUT2D eigenvalue weighted by Crippen LogP contribution is 2.17. The molecule has 0 unspecified atom stereocenters. The largest absolute Gasteiger partial charge is 0.360 e. The summed E-state index contributed by atoms with van der Waals surface area (Å²) in [5.41, 5.74) is 4.88. The summed E-state index contributed by atoms with van der Waals surface area (Å²) in [6, 6.07) is 7.67. The van der Waals surface area contributed by atoms with Crippen LogP contribution < -0.4 is 5.43 Å². The minimum Gasteiger partial charge on any atom is -0.360 e. The number of para-hydroxylation sites is 1. The summed E-state index contributed by atoms with van der Waals surface area (Å²) in [5.74, 6) is -0.196. The first-order valence-corrected chi connectivity index (χ1v) is 5.06. The van der Waals surface area contributed by atoms with E-state index in [1.165, 1.54) is 0 Å². The summed E-state index contributed by atoms with van der Waals surface area (Å²) < 4.78 is 0. The first kappa shape index (κ1) is 10.4. The fourth-order valence-electron chi connectivity index (χ4n) is 1.48. The first-order valence-electron chi connectivity index (χ1n) is 5.06. The van der Waals surface area contributed by atoms with Gasteiger partial charge in [-0.25, -0.2) is 5.43 Å². The number of carbonyl (C=O) groups is 1. The van der Waals surface area contributed by atoms with E-state index in [1.807, 2.05) is 38.1 Å². The molecular weight excluding hydrogens is 202 g/mol. The van der Waals surface area contributed by atoms with Gasteiger partial charge in [-0.1, -0.05) is 18.2 Å². The maximum Gasteiger partial charge on any atom is 0.273 e. The van der Waals surface area contributed by atoms with Gasteiger partial charge in [0.1, 0.15) is 0 Å². The van der Waals surface area contributed by atoms with Gasteiger partial charge in [0.2, 0.25) is 0 Å². The number of aromatic nitrogens is 1. The van der Waals surface area contributed by atoms with E-state index in [1.54, 1.807) is 6.20 Å². The third-order valence-electron chi connectivity index (χ3n) is 2.21. The van der Waals surface area contributed by atoms with Crippen LogP contribution >= 0.6 is 0 Å². The summed E-state index contributed by atoms with van der Waals surface area (Å²) in [6.07, 6.45) is 1.69. The Labute approximate surface area is 93.4 Å². The maximum absolute atomic E-state index is 11.8. The number of nitrogens with one attached hydrogen (secondary N) is 2. The molecule has 0 aliphatic rings. The zero-order valence-electron chi connectivity index (χ0n) is 9.24. The molecule has 2 rings (SSSR count). The molecule has 0 fully saturated rings. The van der Waals surface area contributed by atoms with Crippen LogP contribution in [0.15, 0.2) is 35.6 Å². The normalized spacial score (nSPS) is 10.1. The lowest BCUT2D eigenvalue weighted by atomic mass is 10.2. The fraction of sp³-hybridized carbons (Fsp3) is 0.167. The van der Waals surface area contributed by atoms with E-state index in [9.17, 15) is 4.79 Å². The molecule has 0 saturated carbocycles. The lowest BCUT2D eigenvalue weighted by molar-refractivity contribution is 0.0956. The smallest absolute Gasteiger partial charge is 0.273 e. The summed E-state index contributed by atoms with van der Waals surface area (Å²) in [4.78, 5) is 14.8. The van der Waals surface area contributed by atoms with Crippen molar-refractivity contribution in [1.29, 1.82) is 0 Å². The second-order valence-corrected chi connectivity index (χ2v) is 3.75. The van der Waals surface area contributed by atoms with E-state index in [-0.39, 0.29) is 5.91 Å². The number of rotatable bonds is 2. The molecule has 0 aliphatic heterocycles. The number of fused-ring (bicyclic) bond motifs is 1. The average molecular weight is 215 g/mol. The van der Waals surface area contributed by atoms with Gasteiger partial charge in [-0.15, -0.1) is 0 Å². The van der Waals surface area contributed by atoms with Gasteiger partial charge in [0.15, 0.2) is 0 Å². The topological polar surface area (TPSA) is 57.2 Å². The third kappa shape index (κ3) is 1.95. The van der Waals surface area contributed by atoms with Crippen molar-refractivity contribution >= 4 is 22.5 Å². The zero-order valence-corrected chi connectivity index (χ0v) is 9.24. The van der Waals surface area contributed by atoms with E-state index in [2.05, 4.69) is 15.5 Å². The molecule has 1 amide bonds. The predicted molar refractivity (Wildman–Crippen MR) is 64.5 cm³/mol. The number of H-pyrrole nitrogens is 1. The van der Waals surface area contributed by atoms with Crippen LogP contribution in [0, 0.1) is 0 Å². The second kappa shape index (κ2) is 4.18. The molecule has 0 spiro atoms. The van der Waals surface area contributed by atoms with Crippen LogP contribution in [-0.2, 0) is 0 Å². The van der Waals surface area contributed by atoms with Crippen molar-refractivity contribution in [2.24, 2.45) is 5.10 Å². The minimum absolute atomic E-state index is 0.196. The molecule has 1 heterocycles. The number of carbonyl (C=O) groups excluding carboxylic acids is 1. The SMILES string of the molecule is CC(C)=NNC(=O)c1c[nH]c2ccccc12. The first-order chi connectivity index (χ1) is 7.68. The van der Waals surface area contributed by atoms with Crippen molar-refractivity contribution in [1.82, 2.24) is 10.4 Å². The van der Waals surface area contributed by atoms with E-state index in [0.29, 0.717) is 5.56 Å². The van der Waals surface area contributed by atoms with Gasteiger partial charge in [-0.05, 0) is 19.9 Å². The number of nitrogens with zero attached hydrogens (tertiary/aromatic N) is 1. The van der Waals surface area contributed by atoms with E-state index in [0.717, 1.165) is 16.6 Å². The molecule has 2 aromatic rings. The van der Waals surface area contributed by atoms with Crippen molar-refractivity contribution in [3.8, 4) is 0 Å². The molecular formula is C12H13N3O. The number of hydrazone groups is 1. The van der Waals surface area contributed by atoms with Crippen LogP contribution in [0.1, 0.15) is 24.2 Å². The molecule has 0 radical (unpaired) electrons. The van der Waals surface area contributed by atoms with Crippen LogP contribution in [0.2, 0.25) is 0 Å². The highest BCUT2D eigenvalue weighted by atomic mass is 16.2. The molecule has 2 N–H and O–H groups in total. The summed E-state index contributed by atoms with van der Waals surface area (Å²) >= 11 is 0. The number of hydrogen-bond donors (Lipinski definition) is 2. The minimum atomic E-state index is -0.196. The van der Waals surface area contributed by atoms with Crippen molar-refractivity contribution < 1.29 is 4.79 Å². The molecule has 4 nitrogen and oxygen atoms in total. The number of benzene rings is 1. The Morgan fingerprint density at radius 2 is 2.06 bits per heavy atom. The maximum atomic E-state index is 11.8. The van der Waals surface area contributed by atoms with Crippen molar-refractivity contribution in [3.63, 3.8) is 0 Å². The lowest BCUT2D eigenvalue weighted by Gasteiger charge is -1.98. The lowest BCUT2D eigenvalue weighted by Crippen LogP contribution is -2.18. The number of aromatic amines is 1. The van der Waals surface area contributed by atoms with Crippen molar-refractivity contribution in [3.05, 3.63) is 36.0 Å². The van der Waals surface area contributed by atoms with E-state index < -0.39 is 0 Å². The molecule has 16 heavy (non-hydrogen) atoms. The molecule has 0 aliphatic carbocycles. The van der Waals surface area contributed by atoms with Gasteiger partial charge in [-0.3, -0.25) is 4.79 Å². The zero-order chi connectivity index (χ0) is 11.5. The Hall–Kier alpha value is -2.10. The Morgan fingerprint density at radius 1 is 1.31 bits per heavy atom. The molecule has 82 valence electrons.